The van der Waals surface area contributed by atoms with E-state index in [0.717, 1.165) is 22.0 Å². The zero-order valence-electron chi connectivity index (χ0n) is 11.0. The van der Waals surface area contributed by atoms with Crippen LogP contribution in [0.4, 0.5) is 0 Å². The molecule has 2 heterocycles. The van der Waals surface area contributed by atoms with Crippen molar-refractivity contribution in [1.82, 2.24) is 9.97 Å². The fourth-order valence-corrected chi connectivity index (χ4v) is 2.46. The first-order valence-corrected chi connectivity index (χ1v) is 7.10. The summed E-state index contributed by atoms with van der Waals surface area (Å²) >= 11 is 1.57. The number of carbonyl (C=O) groups excluding carboxylic acids is 1. The largest absolute Gasteiger partial charge is 0.466 e. The Bertz CT molecular complexity index is 549. The van der Waals surface area contributed by atoms with Crippen LogP contribution in [-0.4, -0.2) is 22.5 Å². The smallest absolute Gasteiger partial charge is 0.306 e. The molecule has 0 saturated heterocycles. The molecule has 4 nitrogen and oxygen atoms in total. The van der Waals surface area contributed by atoms with Crippen molar-refractivity contribution in [1.29, 1.82) is 0 Å². The maximum atomic E-state index is 11.3. The highest BCUT2D eigenvalue weighted by atomic mass is 32.1. The Labute approximate surface area is 116 Å². The topological polar surface area (TPSA) is 52.1 Å². The Kier molecular flexibility index (Phi) is 4.63. The van der Waals surface area contributed by atoms with Gasteiger partial charge in [0, 0.05) is 29.3 Å². The summed E-state index contributed by atoms with van der Waals surface area (Å²) in [5, 5.41) is 2.92. The normalized spacial score (nSPS) is 10.4. The third-order valence-corrected chi connectivity index (χ3v) is 3.54. The fraction of sp³-hybridized carbons (Fsp3) is 0.357. The molecule has 0 amide bonds. The molecule has 19 heavy (non-hydrogen) atoms. The summed E-state index contributed by atoms with van der Waals surface area (Å²) in [4.78, 5) is 20.0. The van der Waals surface area contributed by atoms with Gasteiger partial charge in [-0.15, -0.1) is 11.3 Å². The maximum absolute atomic E-state index is 11.3. The average molecular weight is 276 g/mol. The van der Waals surface area contributed by atoms with Gasteiger partial charge in [0.25, 0.3) is 0 Å². The number of hydrogen-bond donors (Lipinski definition) is 0. The predicted octanol–water partition coefficient (Wildman–Crippen LogP) is 3.01. The molecule has 100 valence electrons. The molecule has 0 aliphatic heterocycles. The van der Waals surface area contributed by atoms with Gasteiger partial charge in [-0.25, -0.2) is 4.98 Å². The summed E-state index contributed by atoms with van der Waals surface area (Å²) in [6.07, 6.45) is 2.82. The summed E-state index contributed by atoms with van der Waals surface area (Å²) in [7, 11) is 0. The fourth-order valence-electron chi connectivity index (χ4n) is 1.61. The number of rotatable bonds is 5. The molecule has 0 unspecified atom stereocenters. The van der Waals surface area contributed by atoms with Gasteiger partial charge in [0.2, 0.25) is 0 Å². The number of hydrogen-bond acceptors (Lipinski definition) is 5. The second kappa shape index (κ2) is 6.43. The van der Waals surface area contributed by atoms with Gasteiger partial charge in [-0.05, 0) is 26.0 Å². The lowest BCUT2D eigenvalue weighted by molar-refractivity contribution is -0.143. The predicted molar refractivity (Wildman–Crippen MR) is 75.0 cm³/mol. The molecule has 0 bridgehead atoms. The summed E-state index contributed by atoms with van der Waals surface area (Å²) in [5.74, 6) is -0.172. The minimum Gasteiger partial charge on any atom is -0.466 e. The van der Waals surface area contributed by atoms with Crippen molar-refractivity contribution in [3.05, 3.63) is 35.1 Å². The number of nitrogens with zero attached hydrogens (tertiary/aromatic N) is 2. The zero-order valence-corrected chi connectivity index (χ0v) is 11.9. The van der Waals surface area contributed by atoms with Crippen molar-refractivity contribution in [2.75, 3.05) is 6.61 Å². The van der Waals surface area contributed by atoms with Gasteiger partial charge >= 0.3 is 5.97 Å². The van der Waals surface area contributed by atoms with Crippen LogP contribution in [0.25, 0.3) is 10.6 Å². The van der Waals surface area contributed by atoms with E-state index in [1.165, 1.54) is 0 Å². The van der Waals surface area contributed by atoms with Crippen LogP contribution in [0.3, 0.4) is 0 Å². The number of aryl methyl sites for hydroxylation is 2. The number of ether oxygens (including phenoxy) is 1. The molecule has 5 heteroatoms. The van der Waals surface area contributed by atoms with Crippen LogP contribution >= 0.6 is 11.3 Å². The van der Waals surface area contributed by atoms with Crippen LogP contribution in [0.15, 0.2) is 23.7 Å². The summed E-state index contributed by atoms with van der Waals surface area (Å²) in [6, 6.07) is 3.98. The summed E-state index contributed by atoms with van der Waals surface area (Å²) in [5.41, 5.74) is 2.93. The van der Waals surface area contributed by atoms with Crippen LogP contribution < -0.4 is 0 Å². The third-order valence-electron chi connectivity index (χ3n) is 2.60. The van der Waals surface area contributed by atoms with Gasteiger partial charge in [-0.2, -0.15) is 0 Å². The molecule has 2 rings (SSSR count). The van der Waals surface area contributed by atoms with E-state index in [4.69, 9.17) is 4.74 Å². The van der Waals surface area contributed by atoms with Crippen molar-refractivity contribution in [3.63, 3.8) is 0 Å². The standard InChI is InChI=1S/C14H16N2O2S/c1-3-18-13(17)7-6-12-9-19-14(16-12)11-5-4-10(2)15-8-11/h4-5,8-9H,3,6-7H2,1-2H3. The number of thiazole rings is 1. The minimum atomic E-state index is -0.172. The van der Waals surface area contributed by atoms with Crippen LogP contribution in [0.5, 0.6) is 0 Å². The van der Waals surface area contributed by atoms with Crippen molar-refractivity contribution in [3.8, 4) is 10.6 Å². The third kappa shape index (κ3) is 3.86. The molecule has 0 spiro atoms. The highest BCUT2D eigenvalue weighted by Crippen LogP contribution is 2.23. The van der Waals surface area contributed by atoms with Gasteiger partial charge in [-0.1, -0.05) is 0 Å². The van der Waals surface area contributed by atoms with Crippen molar-refractivity contribution in [2.45, 2.75) is 26.7 Å². The lowest BCUT2D eigenvalue weighted by Gasteiger charge is -1.99. The number of aromatic nitrogens is 2. The van der Waals surface area contributed by atoms with E-state index in [2.05, 4.69) is 9.97 Å². The Morgan fingerprint density at radius 1 is 1.42 bits per heavy atom. The molecule has 0 aliphatic carbocycles. The van der Waals surface area contributed by atoms with Gasteiger partial charge in [-0.3, -0.25) is 9.78 Å². The molecule has 2 aromatic heterocycles. The second-order valence-electron chi connectivity index (χ2n) is 4.14. The molecule has 0 N–H and O–H groups in total. The van der Waals surface area contributed by atoms with Gasteiger partial charge in [0.05, 0.1) is 18.7 Å². The lowest BCUT2D eigenvalue weighted by atomic mass is 10.2. The van der Waals surface area contributed by atoms with Crippen LogP contribution in [0, 0.1) is 6.92 Å². The Morgan fingerprint density at radius 2 is 2.26 bits per heavy atom. The quantitative estimate of drug-likeness (QED) is 0.788. The van der Waals surface area contributed by atoms with Gasteiger partial charge in [0.15, 0.2) is 0 Å². The van der Waals surface area contributed by atoms with Crippen LogP contribution in [0.2, 0.25) is 0 Å². The molecular formula is C14H16N2O2S. The molecule has 0 radical (unpaired) electrons. The maximum Gasteiger partial charge on any atom is 0.306 e. The van der Waals surface area contributed by atoms with E-state index >= 15 is 0 Å². The van der Waals surface area contributed by atoms with Crippen molar-refractivity contribution < 1.29 is 9.53 Å². The molecule has 2 aromatic rings. The van der Waals surface area contributed by atoms with E-state index in [9.17, 15) is 4.79 Å². The van der Waals surface area contributed by atoms with Crippen molar-refractivity contribution in [2.24, 2.45) is 0 Å². The Hall–Kier alpha value is -1.75. The molecular weight excluding hydrogens is 260 g/mol. The molecule has 0 atom stereocenters. The highest BCUT2D eigenvalue weighted by Gasteiger charge is 2.08. The average Bonchev–Trinajstić information content (AvgIpc) is 2.86. The Morgan fingerprint density at radius 3 is 2.95 bits per heavy atom. The highest BCUT2D eigenvalue weighted by molar-refractivity contribution is 7.13. The Balaban J connectivity index is 1.99. The molecule has 0 aromatic carbocycles. The van der Waals surface area contributed by atoms with E-state index in [0.29, 0.717) is 19.4 Å². The number of pyridine rings is 1. The lowest BCUT2D eigenvalue weighted by Crippen LogP contribution is -2.05. The molecule has 0 fully saturated rings. The summed E-state index contributed by atoms with van der Waals surface area (Å²) in [6.45, 7) is 4.19. The molecule has 0 saturated carbocycles. The van der Waals surface area contributed by atoms with E-state index in [1.807, 2.05) is 37.6 Å². The van der Waals surface area contributed by atoms with E-state index in [1.54, 1.807) is 11.3 Å². The zero-order chi connectivity index (χ0) is 13.7. The van der Waals surface area contributed by atoms with Gasteiger partial charge < -0.3 is 4.74 Å². The minimum absolute atomic E-state index is 0.172. The first kappa shape index (κ1) is 13.7. The van der Waals surface area contributed by atoms with Crippen molar-refractivity contribution >= 4 is 17.3 Å². The SMILES string of the molecule is CCOC(=O)CCc1csc(-c2ccc(C)nc2)n1. The number of esters is 1. The van der Waals surface area contributed by atoms with Crippen LogP contribution in [0.1, 0.15) is 24.7 Å². The molecule has 0 aliphatic rings. The first-order chi connectivity index (χ1) is 9.19. The number of carbonyl (C=O) groups is 1. The van der Waals surface area contributed by atoms with E-state index < -0.39 is 0 Å². The van der Waals surface area contributed by atoms with Gasteiger partial charge in [0.1, 0.15) is 5.01 Å². The summed E-state index contributed by atoms with van der Waals surface area (Å²) < 4.78 is 4.89. The van der Waals surface area contributed by atoms with Crippen LogP contribution in [-0.2, 0) is 16.0 Å². The first-order valence-electron chi connectivity index (χ1n) is 6.22. The van der Waals surface area contributed by atoms with E-state index in [-0.39, 0.29) is 5.97 Å². The monoisotopic (exact) mass is 276 g/mol. The second-order valence-corrected chi connectivity index (χ2v) is 5.00.